The van der Waals surface area contributed by atoms with Crippen LogP contribution in [0.25, 0.3) is 10.9 Å². The summed E-state index contributed by atoms with van der Waals surface area (Å²) < 4.78 is 47.2. The SMILES string of the molecule is COC1=CC([C@@H]2CC(COC(C)=O)[C@H](OC(=O)CCC(=O)NCCNC(=O)Cc3c(C)n(C(=O)c4ccc(Cl)cc4)c4ccc(OC)cc34)c3cc4c(cc32)OCO4)CC(OC)=C1OC. The molecule has 4 aromatic rings. The van der Waals surface area contributed by atoms with Gasteiger partial charge >= 0.3 is 11.9 Å². The quantitative estimate of drug-likeness (QED) is 0.0854. The van der Waals surface area contributed by atoms with Gasteiger partial charge in [0.15, 0.2) is 23.0 Å². The molecule has 4 atom stereocenters. The monoisotopic (exact) mass is 913 g/mol. The largest absolute Gasteiger partial charge is 0.497 e. The fourth-order valence-corrected chi connectivity index (χ4v) is 8.95. The number of rotatable bonds is 17. The van der Waals surface area contributed by atoms with Gasteiger partial charge in [-0.05, 0) is 97.0 Å². The average molecular weight is 914 g/mol. The van der Waals surface area contributed by atoms with Crippen LogP contribution in [0.5, 0.6) is 17.2 Å². The predicted molar refractivity (Wildman–Crippen MR) is 236 cm³/mol. The van der Waals surface area contributed by atoms with Crippen LogP contribution in [-0.2, 0) is 49.3 Å². The van der Waals surface area contributed by atoms with Gasteiger partial charge in [0.05, 0.1) is 53.4 Å². The van der Waals surface area contributed by atoms with Gasteiger partial charge in [-0.15, -0.1) is 0 Å². The van der Waals surface area contributed by atoms with Crippen LogP contribution in [0.1, 0.15) is 77.4 Å². The number of ether oxygens (including phenoxy) is 8. The number of amides is 2. The number of nitrogens with zero attached hydrogens (tertiary/aromatic N) is 1. The molecule has 7 rings (SSSR count). The minimum absolute atomic E-state index is 0.0227. The molecular weight excluding hydrogens is 862 g/mol. The first-order valence-corrected chi connectivity index (χ1v) is 21.6. The second-order valence-electron chi connectivity index (χ2n) is 15.9. The van der Waals surface area contributed by atoms with Gasteiger partial charge < -0.3 is 48.5 Å². The second kappa shape index (κ2) is 20.4. The molecule has 3 aliphatic rings. The van der Waals surface area contributed by atoms with Gasteiger partial charge in [-0.25, -0.2) is 0 Å². The Morgan fingerprint density at radius 2 is 1.54 bits per heavy atom. The lowest BCUT2D eigenvalue weighted by molar-refractivity contribution is -0.157. The molecule has 0 fully saturated rings. The van der Waals surface area contributed by atoms with E-state index in [1.807, 2.05) is 12.1 Å². The summed E-state index contributed by atoms with van der Waals surface area (Å²) in [6.07, 6.45) is 1.66. The van der Waals surface area contributed by atoms with Crippen molar-refractivity contribution in [3.8, 4) is 17.2 Å². The molecule has 16 nitrogen and oxygen atoms in total. The third kappa shape index (κ3) is 10.2. The van der Waals surface area contributed by atoms with Crippen molar-refractivity contribution in [2.45, 2.75) is 58.0 Å². The molecule has 0 spiro atoms. The highest BCUT2D eigenvalue weighted by molar-refractivity contribution is 6.30. The highest BCUT2D eigenvalue weighted by atomic mass is 35.5. The van der Waals surface area contributed by atoms with Gasteiger partial charge in [0.2, 0.25) is 18.6 Å². The molecule has 17 heteroatoms. The summed E-state index contributed by atoms with van der Waals surface area (Å²) in [7, 11) is 6.23. The molecule has 344 valence electrons. The number of esters is 2. The van der Waals surface area contributed by atoms with Crippen molar-refractivity contribution in [3.05, 3.63) is 111 Å². The van der Waals surface area contributed by atoms with E-state index in [1.54, 1.807) is 88.5 Å². The van der Waals surface area contributed by atoms with E-state index in [9.17, 15) is 24.0 Å². The normalized spacial score (nSPS) is 18.5. The Hall–Kier alpha value is -6.68. The molecule has 0 radical (unpaired) electrons. The van der Waals surface area contributed by atoms with Crippen molar-refractivity contribution in [2.75, 3.05) is 54.9 Å². The van der Waals surface area contributed by atoms with Crippen molar-refractivity contribution >= 4 is 52.2 Å². The van der Waals surface area contributed by atoms with Crippen molar-refractivity contribution < 1.29 is 61.9 Å². The van der Waals surface area contributed by atoms with E-state index in [-0.39, 0.29) is 69.4 Å². The number of carbonyl (C=O) groups is 5. The topological polar surface area (TPSA) is 188 Å². The minimum Gasteiger partial charge on any atom is -0.497 e. The first-order chi connectivity index (χ1) is 31.3. The number of fused-ring (bicyclic) bond motifs is 3. The maximum atomic E-state index is 13.7. The molecule has 2 unspecified atom stereocenters. The molecule has 2 aliphatic carbocycles. The van der Waals surface area contributed by atoms with Crippen LogP contribution in [0, 0.1) is 18.8 Å². The van der Waals surface area contributed by atoms with E-state index in [0.29, 0.717) is 85.7 Å². The van der Waals surface area contributed by atoms with Crippen LogP contribution in [0.3, 0.4) is 0 Å². The third-order valence-electron chi connectivity index (χ3n) is 12.0. The number of halogens is 1. The molecule has 2 heterocycles. The highest BCUT2D eigenvalue weighted by Crippen LogP contribution is 2.53. The summed E-state index contributed by atoms with van der Waals surface area (Å²) in [5.74, 6) is 0.389. The average Bonchev–Trinajstić information content (AvgIpc) is 3.88. The van der Waals surface area contributed by atoms with Crippen molar-refractivity contribution in [3.63, 3.8) is 0 Å². The minimum atomic E-state index is -0.836. The maximum Gasteiger partial charge on any atom is 0.306 e. The summed E-state index contributed by atoms with van der Waals surface area (Å²) in [4.78, 5) is 65.5. The van der Waals surface area contributed by atoms with E-state index in [1.165, 1.54) is 6.92 Å². The number of nitrogens with one attached hydrogen (secondary N) is 2. The molecule has 1 aromatic heterocycles. The molecule has 0 saturated heterocycles. The van der Waals surface area contributed by atoms with Crippen LogP contribution >= 0.6 is 11.6 Å². The number of aromatic nitrogens is 1. The van der Waals surface area contributed by atoms with Crippen molar-refractivity contribution in [2.24, 2.45) is 11.8 Å². The third-order valence-corrected chi connectivity index (χ3v) is 12.2. The number of methoxy groups -OCH3 is 4. The van der Waals surface area contributed by atoms with Gasteiger partial charge in [-0.3, -0.25) is 28.5 Å². The molecule has 2 N–H and O–H groups in total. The summed E-state index contributed by atoms with van der Waals surface area (Å²) in [6.45, 7) is 3.33. The summed E-state index contributed by atoms with van der Waals surface area (Å²) >= 11 is 6.06. The van der Waals surface area contributed by atoms with Gasteiger partial charge in [0, 0.05) is 66.0 Å². The summed E-state index contributed by atoms with van der Waals surface area (Å²) in [5, 5.41) is 6.78. The van der Waals surface area contributed by atoms with Crippen LogP contribution in [-0.4, -0.2) is 89.2 Å². The Bertz CT molecular complexity index is 2550. The Kier molecular flexibility index (Phi) is 14.6. The lowest BCUT2D eigenvalue weighted by Gasteiger charge is -2.40. The fraction of sp³-hybridized carbons (Fsp3) is 0.396. The van der Waals surface area contributed by atoms with Crippen LogP contribution in [0.2, 0.25) is 5.02 Å². The fourth-order valence-electron chi connectivity index (χ4n) is 8.83. The van der Waals surface area contributed by atoms with Gasteiger partial charge in [-0.1, -0.05) is 11.6 Å². The zero-order valence-corrected chi connectivity index (χ0v) is 37.8. The number of hydrogen-bond acceptors (Lipinski definition) is 13. The number of carbonyl (C=O) groups excluding carboxylic acids is 5. The molecular formula is C48H52ClN3O13. The Labute approximate surface area is 381 Å². The molecule has 2 amide bonds. The standard InChI is InChI=1S/C48H52ClN3O13/c1-26-33(36-20-32(58-3)11-12-38(36)52(26)48(57)28-7-9-31(49)10-8-28)23-44(55)51-16-15-50-43(54)13-14-45(56)65-46-30(24-62-27(2)53)17-34(35-21-39-40(22-37(35)46)64-25-63-39)29-18-41(59-4)47(61-6)42(19-29)60-5/h7-12,18,20-22,29-30,34,46H,13-17,19,23-25H2,1-6H3,(H,50,54)(H,51,55)/t29?,30?,34-,46-/m0/s1. The molecule has 0 bridgehead atoms. The number of hydrogen-bond donors (Lipinski definition) is 2. The van der Waals surface area contributed by atoms with Gasteiger partial charge in [-0.2, -0.15) is 0 Å². The predicted octanol–water partition coefficient (Wildman–Crippen LogP) is 6.59. The van der Waals surface area contributed by atoms with E-state index in [0.717, 1.165) is 5.56 Å². The summed E-state index contributed by atoms with van der Waals surface area (Å²) in [6, 6.07) is 15.6. The van der Waals surface area contributed by atoms with E-state index >= 15 is 0 Å². The molecule has 0 saturated carbocycles. The summed E-state index contributed by atoms with van der Waals surface area (Å²) in [5.41, 5.74) is 3.86. The van der Waals surface area contributed by atoms with E-state index < -0.39 is 29.9 Å². The van der Waals surface area contributed by atoms with Crippen molar-refractivity contribution in [1.82, 2.24) is 15.2 Å². The van der Waals surface area contributed by atoms with Crippen LogP contribution in [0.4, 0.5) is 0 Å². The van der Waals surface area contributed by atoms with E-state index in [4.69, 9.17) is 49.5 Å². The maximum absolute atomic E-state index is 13.7. The lowest BCUT2D eigenvalue weighted by atomic mass is 9.68. The smallest absolute Gasteiger partial charge is 0.306 e. The lowest BCUT2D eigenvalue weighted by Crippen LogP contribution is -2.36. The molecule has 3 aromatic carbocycles. The van der Waals surface area contributed by atoms with Gasteiger partial charge in [0.25, 0.3) is 5.91 Å². The Balaban J connectivity index is 0.976. The molecule has 65 heavy (non-hydrogen) atoms. The van der Waals surface area contributed by atoms with Crippen LogP contribution in [0.15, 0.2) is 78.0 Å². The van der Waals surface area contributed by atoms with Crippen molar-refractivity contribution in [1.29, 1.82) is 0 Å². The van der Waals surface area contributed by atoms with Gasteiger partial charge in [0.1, 0.15) is 17.6 Å². The Morgan fingerprint density at radius 1 is 0.831 bits per heavy atom. The first-order valence-electron chi connectivity index (χ1n) is 21.2. The first kappa shape index (κ1) is 46.3. The second-order valence-corrected chi connectivity index (χ2v) is 16.3. The Morgan fingerprint density at radius 3 is 2.20 bits per heavy atom. The number of benzene rings is 3. The zero-order valence-electron chi connectivity index (χ0n) is 37.1. The number of allylic oxidation sites excluding steroid dienone is 2. The highest BCUT2D eigenvalue weighted by Gasteiger charge is 2.43. The van der Waals surface area contributed by atoms with E-state index in [2.05, 4.69) is 10.6 Å². The zero-order chi connectivity index (χ0) is 46.4. The molecule has 1 aliphatic heterocycles. The van der Waals surface area contributed by atoms with Crippen LogP contribution < -0.4 is 24.8 Å².